The van der Waals surface area contributed by atoms with E-state index in [1.54, 1.807) is 24.5 Å². The molecule has 0 fully saturated rings. The van der Waals surface area contributed by atoms with Gasteiger partial charge in [-0.3, -0.25) is 9.59 Å². The number of nitrogens with two attached hydrogens (primary N) is 1. The number of hydrogen-bond acceptors (Lipinski definition) is 14. The van der Waals surface area contributed by atoms with Crippen molar-refractivity contribution in [2.24, 2.45) is 10.7 Å². The molecule has 0 spiro atoms. The number of ether oxygens (including phenoxy) is 4. The van der Waals surface area contributed by atoms with Crippen LogP contribution < -0.4 is 16.2 Å². The zero-order chi connectivity index (χ0) is 35.8. The van der Waals surface area contributed by atoms with Crippen LogP contribution in [0.1, 0.15) is 63.1 Å². The van der Waals surface area contributed by atoms with E-state index in [0.717, 1.165) is 48.1 Å². The molecule has 3 aliphatic heterocycles. The summed E-state index contributed by atoms with van der Waals surface area (Å²) in [5.74, 6) is -3.14. The second-order valence-corrected chi connectivity index (χ2v) is 14.6. The summed E-state index contributed by atoms with van der Waals surface area (Å²) in [6.07, 6.45) is 3.41. The van der Waals surface area contributed by atoms with Gasteiger partial charge in [-0.15, -0.1) is 0 Å². The molecule has 5 heterocycles. The van der Waals surface area contributed by atoms with E-state index in [1.165, 1.54) is 0 Å². The lowest BCUT2D eigenvalue weighted by Gasteiger charge is -2.35. The maximum atomic E-state index is 14.1. The molecule has 0 radical (unpaired) electrons. The fraction of sp³-hybridized carbons (Fsp3) is 0.471. The number of hydrogen-bond donors (Lipinski definition) is 1. The van der Waals surface area contributed by atoms with Crippen molar-refractivity contribution in [3.63, 3.8) is 0 Å². The number of rotatable bonds is 13. The highest BCUT2D eigenvalue weighted by Gasteiger charge is 2.51. The van der Waals surface area contributed by atoms with E-state index in [9.17, 15) is 27.6 Å². The molecule has 3 aliphatic rings. The monoisotopic (exact) mass is 709 g/mol. The second-order valence-electron chi connectivity index (χ2n) is 12.3. The summed E-state index contributed by atoms with van der Waals surface area (Å²) in [6.45, 7) is 5.32. The summed E-state index contributed by atoms with van der Waals surface area (Å²) in [7, 11) is -3.94. The van der Waals surface area contributed by atoms with Crippen LogP contribution >= 0.6 is 0 Å². The smallest absolute Gasteiger partial charge is 0.465 e. The van der Waals surface area contributed by atoms with Crippen molar-refractivity contribution in [1.82, 2.24) is 9.55 Å². The van der Waals surface area contributed by atoms with Gasteiger partial charge in [0, 0.05) is 17.7 Å². The molecule has 2 N–H and O–H groups in total. The Morgan fingerprint density at radius 1 is 1.12 bits per heavy atom. The van der Waals surface area contributed by atoms with Crippen LogP contribution in [0.5, 0.6) is 0 Å². The van der Waals surface area contributed by atoms with Crippen molar-refractivity contribution in [2.45, 2.75) is 71.2 Å². The van der Waals surface area contributed by atoms with Crippen LogP contribution in [0.15, 0.2) is 34.1 Å². The van der Waals surface area contributed by atoms with Crippen LogP contribution in [0.3, 0.4) is 0 Å². The van der Waals surface area contributed by atoms with Crippen LogP contribution in [0.25, 0.3) is 22.3 Å². The summed E-state index contributed by atoms with van der Waals surface area (Å²) in [5, 5.41) is 0.897. The second kappa shape index (κ2) is 13.8. The summed E-state index contributed by atoms with van der Waals surface area (Å²) < 4.78 is 47.4. The number of aliphatic imine (C=N–C) groups is 1. The van der Waals surface area contributed by atoms with Crippen molar-refractivity contribution in [2.75, 3.05) is 36.2 Å². The number of anilines is 1. The Morgan fingerprint density at radius 3 is 2.66 bits per heavy atom. The Kier molecular flexibility index (Phi) is 9.68. The number of esters is 2. The zero-order valence-corrected chi connectivity index (χ0v) is 28.9. The van der Waals surface area contributed by atoms with Crippen molar-refractivity contribution >= 4 is 56.5 Å². The molecule has 6 rings (SSSR count). The molecule has 16 heteroatoms. The third-order valence-corrected chi connectivity index (χ3v) is 10.8. The van der Waals surface area contributed by atoms with Gasteiger partial charge in [-0.2, -0.15) is 0 Å². The summed E-state index contributed by atoms with van der Waals surface area (Å²) in [4.78, 5) is 64.0. The van der Waals surface area contributed by atoms with E-state index >= 15 is 0 Å². The first-order valence-corrected chi connectivity index (χ1v) is 18.5. The van der Waals surface area contributed by atoms with Gasteiger partial charge in [0.15, 0.2) is 9.84 Å². The maximum absolute atomic E-state index is 14.1. The van der Waals surface area contributed by atoms with Crippen molar-refractivity contribution in [3.8, 4) is 11.4 Å². The first kappa shape index (κ1) is 35.0. The summed E-state index contributed by atoms with van der Waals surface area (Å²) in [5.41, 5.74) is 7.73. The topological polar surface area (TPSA) is 199 Å². The van der Waals surface area contributed by atoms with Crippen molar-refractivity contribution in [1.29, 1.82) is 0 Å². The Morgan fingerprint density at radius 2 is 1.92 bits per heavy atom. The summed E-state index contributed by atoms with van der Waals surface area (Å²) >= 11 is 0. The highest BCUT2D eigenvalue weighted by atomic mass is 32.2. The highest BCUT2D eigenvalue weighted by molar-refractivity contribution is 7.91. The molecule has 0 aliphatic carbocycles. The first-order valence-electron chi connectivity index (χ1n) is 16.6. The minimum Gasteiger partial charge on any atom is -0.465 e. The molecular weight excluding hydrogens is 670 g/mol. The number of nitrogens with zero attached hydrogens (tertiary/aromatic N) is 4. The predicted octanol–water partition coefficient (Wildman–Crippen LogP) is 3.22. The van der Waals surface area contributed by atoms with Gasteiger partial charge in [0.1, 0.15) is 19.3 Å². The van der Waals surface area contributed by atoms with Gasteiger partial charge in [-0.1, -0.05) is 32.8 Å². The molecular formula is C34H39N5O10S. The van der Waals surface area contributed by atoms with Gasteiger partial charge in [0.2, 0.25) is 5.60 Å². The van der Waals surface area contributed by atoms with Gasteiger partial charge in [-0.25, -0.2) is 28.0 Å². The number of benzene rings is 1. The normalized spacial score (nSPS) is 17.8. The van der Waals surface area contributed by atoms with Crippen LogP contribution in [0, 0.1) is 0 Å². The number of sulfone groups is 1. The number of pyridine rings is 2. The van der Waals surface area contributed by atoms with Crippen molar-refractivity contribution in [3.05, 3.63) is 51.3 Å². The quantitative estimate of drug-likeness (QED) is 0.121. The van der Waals surface area contributed by atoms with Gasteiger partial charge in [-0.05, 0) is 38.0 Å². The molecule has 15 nitrogen and oxygen atoms in total. The third kappa shape index (κ3) is 6.21. The number of aromatic nitrogens is 2. The summed E-state index contributed by atoms with van der Waals surface area (Å²) in [6, 6.07) is 5.94. The van der Waals surface area contributed by atoms with Crippen LogP contribution in [0.2, 0.25) is 0 Å². The molecule has 3 aromatic rings. The zero-order valence-electron chi connectivity index (χ0n) is 28.1. The molecule has 0 saturated heterocycles. The Balaban J connectivity index is 1.31. The van der Waals surface area contributed by atoms with Gasteiger partial charge in [0.25, 0.3) is 5.56 Å². The fourth-order valence-corrected chi connectivity index (χ4v) is 7.85. The molecule has 50 heavy (non-hydrogen) atoms. The van der Waals surface area contributed by atoms with Gasteiger partial charge in [0.05, 0.1) is 70.2 Å². The van der Waals surface area contributed by atoms with E-state index in [1.807, 2.05) is 24.5 Å². The molecule has 2 atom stereocenters. The van der Waals surface area contributed by atoms with Crippen LogP contribution in [0.4, 0.5) is 16.2 Å². The Labute approximate surface area is 288 Å². The molecule has 0 saturated carbocycles. The highest BCUT2D eigenvalue weighted by Crippen LogP contribution is 2.47. The lowest BCUT2D eigenvalue weighted by molar-refractivity contribution is -0.175. The molecule has 1 aromatic carbocycles. The first-order chi connectivity index (χ1) is 23.9. The number of carbonyl (C=O) groups is 3. The average molecular weight is 710 g/mol. The predicted molar refractivity (Wildman–Crippen MR) is 183 cm³/mol. The third-order valence-electron chi connectivity index (χ3n) is 9.15. The molecule has 0 unspecified atom stereocenters. The lowest BCUT2D eigenvalue weighted by atomic mass is 9.85. The van der Waals surface area contributed by atoms with Crippen LogP contribution in [-0.2, 0) is 57.1 Å². The number of unbranched alkanes of at least 4 members (excludes halogenated alkanes) is 2. The lowest BCUT2D eigenvalue weighted by Crippen LogP contribution is -2.47. The Hall–Kier alpha value is -4.83. The Bertz CT molecular complexity index is 2080. The molecule has 0 bridgehead atoms. The standard InChI is InChI=1S/C34H39N5O10S/c1-4-7-8-12-38-19-36-24-10-9-11-25-27(24)29(38)20-16-39-26(28(20)37-25)15-22-21(30(39)40)17-48-32(42)34(22,5-2)49-33(43)47-13-14-50(44,45)18-23(35)31(41)46-6-3/h9-11,15,19,23H,4-8,12-14,16-18,35H2,1-3H3/t23-,34-/m0/s1. The average Bonchev–Trinajstić information content (AvgIpc) is 3.45. The fourth-order valence-electron chi connectivity index (χ4n) is 6.66. The number of cyclic esters (lactones) is 1. The largest absolute Gasteiger partial charge is 0.509 e. The van der Waals surface area contributed by atoms with Gasteiger partial charge < -0.3 is 34.1 Å². The minimum atomic E-state index is -3.94. The van der Waals surface area contributed by atoms with E-state index in [4.69, 9.17) is 29.7 Å². The SMILES string of the molecule is CCCCCN1C=Nc2cccc3nc4c(c1c23)Cn1c-4cc2c(c1=O)COC(=O)[C@@]2(CC)OC(=O)OCCS(=O)(=O)C[C@H](N)C(=O)OCC. The maximum Gasteiger partial charge on any atom is 0.509 e. The molecule has 0 amide bonds. The number of fused-ring (bicyclic) bond motifs is 5. The van der Waals surface area contributed by atoms with E-state index in [-0.39, 0.29) is 37.3 Å². The number of carbonyl (C=O) groups excluding carboxylic acids is 3. The van der Waals surface area contributed by atoms with E-state index in [2.05, 4.69) is 16.8 Å². The molecule has 2 aromatic heterocycles. The van der Waals surface area contributed by atoms with Crippen molar-refractivity contribution < 1.29 is 41.7 Å². The van der Waals surface area contributed by atoms with E-state index in [0.29, 0.717) is 16.9 Å². The minimum absolute atomic E-state index is 0.0381. The van der Waals surface area contributed by atoms with Gasteiger partial charge >= 0.3 is 18.1 Å². The van der Waals surface area contributed by atoms with E-state index < -0.39 is 63.2 Å². The van der Waals surface area contributed by atoms with Crippen LogP contribution in [-0.4, -0.2) is 79.7 Å². The molecule has 266 valence electrons.